The van der Waals surface area contributed by atoms with Crippen LogP contribution in [-0.2, 0) is 10.7 Å². The summed E-state index contributed by atoms with van der Waals surface area (Å²) in [5.41, 5.74) is 1.45. The number of aromatic nitrogens is 1. The van der Waals surface area contributed by atoms with Crippen molar-refractivity contribution in [2.75, 3.05) is 4.90 Å². The van der Waals surface area contributed by atoms with Crippen LogP contribution in [0.4, 0.5) is 10.8 Å². The maximum Gasteiger partial charge on any atom is 0.230 e. The fourth-order valence-corrected chi connectivity index (χ4v) is 2.80. The van der Waals surface area contributed by atoms with Crippen LogP contribution in [0.3, 0.4) is 0 Å². The van der Waals surface area contributed by atoms with Gasteiger partial charge in [-0.15, -0.1) is 22.9 Å². The van der Waals surface area contributed by atoms with Crippen molar-refractivity contribution >= 4 is 51.3 Å². The van der Waals surface area contributed by atoms with Crippen LogP contribution in [0.25, 0.3) is 0 Å². The molecule has 0 saturated carbocycles. The monoisotopic (exact) mass is 300 g/mol. The van der Waals surface area contributed by atoms with E-state index >= 15 is 0 Å². The smallest absolute Gasteiger partial charge is 0.230 e. The molecule has 2 aromatic rings. The fraction of sp³-hybridized carbons (Fsp3) is 0.167. The molecule has 0 N–H and O–H groups in total. The first-order chi connectivity index (χ1) is 8.61. The molecular weight excluding hydrogens is 291 g/mol. The first-order valence-corrected chi connectivity index (χ1v) is 6.97. The topological polar surface area (TPSA) is 33.2 Å². The van der Waals surface area contributed by atoms with Gasteiger partial charge in [-0.05, 0) is 18.2 Å². The molecular formula is C12H10Cl2N2OS. The normalized spacial score (nSPS) is 10.4. The third kappa shape index (κ3) is 2.83. The molecule has 0 saturated heterocycles. The van der Waals surface area contributed by atoms with E-state index in [-0.39, 0.29) is 5.91 Å². The number of thiazole rings is 1. The van der Waals surface area contributed by atoms with Gasteiger partial charge < -0.3 is 0 Å². The zero-order valence-electron chi connectivity index (χ0n) is 9.56. The highest BCUT2D eigenvalue weighted by Crippen LogP contribution is 2.30. The molecule has 0 bridgehead atoms. The van der Waals surface area contributed by atoms with Crippen LogP contribution in [0, 0.1) is 0 Å². The number of amides is 1. The summed E-state index contributed by atoms with van der Waals surface area (Å²) in [6.45, 7) is 1.49. The van der Waals surface area contributed by atoms with Crippen molar-refractivity contribution in [3.8, 4) is 0 Å². The molecule has 1 amide bonds. The minimum Gasteiger partial charge on any atom is -0.274 e. The minimum absolute atomic E-state index is 0.118. The first-order valence-electron chi connectivity index (χ1n) is 5.18. The molecule has 0 aliphatic carbocycles. The Balaban J connectivity index is 2.43. The number of hydrogen-bond donors (Lipinski definition) is 0. The molecule has 0 spiro atoms. The molecule has 0 fully saturated rings. The van der Waals surface area contributed by atoms with E-state index in [1.165, 1.54) is 23.2 Å². The van der Waals surface area contributed by atoms with E-state index in [2.05, 4.69) is 4.98 Å². The molecule has 1 aromatic carbocycles. The second kappa shape index (κ2) is 5.69. The van der Waals surface area contributed by atoms with Crippen molar-refractivity contribution < 1.29 is 4.79 Å². The Labute approximate surface area is 119 Å². The lowest BCUT2D eigenvalue weighted by molar-refractivity contribution is -0.115. The van der Waals surface area contributed by atoms with Crippen molar-refractivity contribution in [3.63, 3.8) is 0 Å². The van der Waals surface area contributed by atoms with Gasteiger partial charge in [-0.2, -0.15) is 0 Å². The van der Waals surface area contributed by atoms with E-state index in [1.54, 1.807) is 18.2 Å². The van der Waals surface area contributed by atoms with Crippen LogP contribution >= 0.6 is 34.5 Å². The fourth-order valence-electron chi connectivity index (χ4n) is 1.50. The van der Waals surface area contributed by atoms with Gasteiger partial charge in [0.1, 0.15) is 0 Å². The summed E-state index contributed by atoms with van der Waals surface area (Å²) in [5, 5.41) is 3.01. The summed E-state index contributed by atoms with van der Waals surface area (Å²) in [4.78, 5) is 17.6. The van der Waals surface area contributed by atoms with E-state index in [1.807, 2.05) is 11.4 Å². The van der Waals surface area contributed by atoms with Crippen molar-refractivity contribution in [3.05, 3.63) is 40.4 Å². The number of carbonyl (C=O) groups excluding carboxylic acids is 1. The SMILES string of the molecule is CC(=O)N(c1cccc(Cl)c1)c1nc(CCl)cs1. The lowest BCUT2D eigenvalue weighted by Crippen LogP contribution is -2.22. The van der Waals surface area contributed by atoms with Gasteiger partial charge >= 0.3 is 0 Å². The Morgan fingerprint density at radius 3 is 2.83 bits per heavy atom. The van der Waals surface area contributed by atoms with Crippen molar-refractivity contribution in [2.45, 2.75) is 12.8 Å². The summed E-state index contributed by atoms with van der Waals surface area (Å²) in [6, 6.07) is 7.10. The van der Waals surface area contributed by atoms with Crippen LogP contribution in [0.2, 0.25) is 5.02 Å². The average molecular weight is 301 g/mol. The number of halogens is 2. The first kappa shape index (κ1) is 13.3. The van der Waals surface area contributed by atoms with Crippen molar-refractivity contribution in [1.29, 1.82) is 0 Å². The number of nitrogens with zero attached hydrogens (tertiary/aromatic N) is 2. The highest BCUT2D eigenvalue weighted by atomic mass is 35.5. The van der Waals surface area contributed by atoms with E-state index < -0.39 is 0 Å². The third-order valence-corrected chi connectivity index (χ3v) is 3.63. The van der Waals surface area contributed by atoms with Gasteiger partial charge in [0.2, 0.25) is 5.91 Å². The van der Waals surface area contributed by atoms with Crippen LogP contribution in [0.15, 0.2) is 29.6 Å². The van der Waals surface area contributed by atoms with Gasteiger partial charge in [0.15, 0.2) is 5.13 Å². The van der Waals surface area contributed by atoms with Gasteiger partial charge in [-0.25, -0.2) is 4.98 Å². The number of rotatable bonds is 3. The zero-order valence-corrected chi connectivity index (χ0v) is 11.9. The molecule has 0 unspecified atom stereocenters. The number of benzene rings is 1. The predicted molar refractivity (Wildman–Crippen MR) is 75.9 cm³/mol. The molecule has 3 nitrogen and oxygen atoms in total. The summed E-state index contributed by atoms with van der Waals surface area (Å²) in [7, 11) is 0. The standard InChI is InChI=1S/C12H10Cl2N2OS/c1-8(17)16(11-4-2-3-9(14)5-11)12-15-10(6-13)7-18-12/h2-5,7H,6H2,1H3. The third-order valence-electron chi connectivity index (χ3n) is 2.25. The molecule has 1 aromatic heterocycles. The average Bonchev–Trinajstić information content (AvgIpc) is 2.77. The van der Waals surface area contributed by atoms with Gasteiger partial charge in [0.05, 0.1) is 17.3 Å². The van der Waals surface area contributed by atoms with Gasteiger partial charge in [-0.1, -0.05) is 17.7 Å². The number of hydrogen-bond acceptors (Lipinski definition) is 3. The maximum absolute atomic E-state index is 11.8. The van der Waals surface area contributed by atoms with Crippen LogP contribution in [0.5, 0.6) is 0 Å². The van der Waals surface area contributed by atoms with E-state index in [0.717, 1.165) is 5.69 Å². The molecule has 2 rings (SSSR count). The summed E-state index contributed by atoms with van der Waals surface area (Å²) in [5.74, 6) is 0.213. The Bertz CT molecular complexity index is 571. The van der Waals surface area contributed by atoms with E-state index in [0.29, 0.717) is 21.7 Å². The molecule has 94 valence electrons. The summed E-state index contributed by atoms with van der Waals surface area (Å²) >= 11 is 13.0. The molecule has 0 radical (unpaired) electrons. The molecule has 6 heteroatoms. The molecule has 0 aliphatic heterocycles. The predicted octanol–water partition coefficient (Wildman–Crippen LogP) is 4.22. The maximum atomic E-state index is 11.8. The van der Waals surface area contributed by atoms with Gasteiger partial charge in [0.25, 0.3) is 0 Å². The summed E-state index contributed by atoms with van der Waals surface area (Å²) < 4.78 is 0. The zero-order chi connectivity index (χ0) is 13.1. The highest BCUT2D eigenvalue weighted by molar-refractivity contribution is 7.14. The Morgan fingerprint density at radius 1 is 1.50 bits per heavy atom. The van der Waals surface area contributed by atoms with Gasteiger partial charge in [0, 0.05) is 17.3 Å². The second-order valence-corrected chi connectivity index (χ2v) is 5.13. The van der Waals surface area contributed by atoms with Crippen molar-refractivity contribution in [2.24, 2.45) is 0 Å². The minimum atomic E-state index is -0.118. The number of alkyl halides is 1. The van der Waals surface area contributed by atoms with Crippen LogP contribution < -0.4 is 4.90 Å². The largest absolute Gasteiger partial charge is 0.274 e. The van der Waals surface area contributed by atoms with Crippen LogP contribution in [0.1, 0.15) is 12.6 Å². The summed E-state index contributed by atoms with van der Waals surface area (Å²) in [6.07, 6.45) is 0. The molecule has 1 heterocycles. The number of anilines is 2. The highest BCUT2D eigenvalue weighted by Gasteiger charge is 2.17. The quantitative estimate of drug-likeness (QED) is 0.795. The molecule has 0 aliphatic rings. The van der Waals surface area contributed by atoms with Gasteiger partial charge in [-0.3, -0.25) is 9.69 Å². The van der Waals surface area contributed by atoms with E-state index in [4.69, 9.17) is 23.2 Å². The Kier molecular flexibility index (Phi) is 4.22. The van der Waals surface area contributed by atoms with Crippen molar-refractivity contribution in [1.82, 2.24) is 4.98 Å². The number of carbonyl (C=O) groups is 1. The Morgan fingerprint density at radius 2 is 2.28 bits per heavy atom. The Hall–Kier alpha value is -1.10. The lowest BCUT2D eigenvalue weighted by Gasteiger charge is -2.18. The lowest BCUT2D eigenvalue weighted by atomic mass is 10.3. The molecule has 0 atom stereocenters. The van der Waals surface area contributed by atoms with E-state index in [9.17, 15) is 4.79 Å². The second-order valence-electron chi connectivity index (χ2n) is 3.59. The van der Waals surface area contributed by atoms with Crippen LogP contribution in [-0.4, -0.2) is 10.9 Å². The molecule has 18 heavy (non-hydrogen) atoms.